The maximum Gasteiger partial charge on any atom is 0.315 e. The summed E-state index contributed by atoms with van der Waals surface area (Å²) in [6.45, 7) is 0. The molecule has 0 bridgehead atoms. The molecular weight excluding hydrogens is 220 g/mol. The Morgan fingerprint density at radius 3 is 2.69 bits per heavy atom. The van der Waals surface area contributed by atoms with Gasteiger partial charge in [-0.1, -0.05) is 0 Å². The van der Waals surface area contributed by atoms with Gasteiger partial charge in [0.05, 0.1) is 12.8 Å². The summed E-state index contributed by atoms with van der Waals surface area (Å²) in [7, 11) is 1.12. The van der Waals surface area contributed by atoms with Crippen LogP contribution < -0.4 is 5.32 Å². The first kappa shape index (κ1) is 12.1. The Kier molecular flexibility index (Phi) is 3.93. The lowest BCUT2D eigenvalue weighted by molar-refractivity contribution is -0.142. The highest BCUT2D eigenvalue weighted by Crippen LogP contribution is 2.15. The predicted molar refractivity (Wildman–Crippen MR) is 51.6 cm³/mol. The van der Waals surface area contributed by atoms with Crippen molar-refractivity contribution in [1.82, 2.24) is 0 Å². The largest absolute Gasteiger partial charge is 0.469 e. The summed E-state index contributed by atoms with van der Waals surface area (Å²) >= 11 is 0. The molecule has 0 aliphatic heterocycles. The Bertz CT molecular complexity index is 421. The number of nitrogens with one attached hydrogen (secondary N) is 1. The third kappa shape index (κ3) is 3.30. The summed E-state index contributed by atoms with van der Waals surface area (Å²) in [5.41, 5.74) is -0.311. The van der Waals surface area contributed by atoms with E-state index in [9.17, 15) is 18.4 Å². The number of halogens is 2. The van der Waals surface area contributed by atoms with Crippen molar-refractivity contribution in [3.63, 3.8) is 0 Å². The van der Waals surface area contributed by atoms with Crippen molar-refractivity contribution >= 4 is 17.6 Å². The summed E-state index contributed by atoms with van der Waals surface area (Å²) < 4.78 is 30.0. The van der Waals surface area contributed by atoms with Gasteiger partial charge >= 0.3 is 5.97 Å². The molecule has 0 aromatic heterocycles. The molecule has 1 amide bonds. The number of hydrogen-bond donors (Lipinski definition) is 1. The van der Waals surface area contributed by atoms with Crippen LogP contribution in [0.5, 0.6) is 0 Å². The molecule has 1 N–H and O–H groups in total. The number of methoxy groups -OCH3 is 1. The fourth-order valence-electron chi connectivity index (χ4n) is 0.991. The molecule has 0 fully saturated rings. The zero-order valence-electron chi connectivity index (χ0n) is 8.42. The number of hydrogen-bond acceptors (Lipinski definition) is 3. The van der Waals surface area contributed by atoms with Crippen molar-refractivity contribution in [2.24, 2.45) is 0 Å². The second kappa shape index (κ2) is 5.20. The SMILES string of the molecule is COC(=O)CC(=O)Nc1cc(F)ccc1F. The van der Waals surface area contributed by atoms with Gasteiger partial charge < -0.3 is 10.1 Å². The van der Waals surface area contributed by atoms with Crippen LogP contribution in [0.1, 0.15) is 6.42 Å². The van der Waals surface area contributed by atoms with Crippen LogP contribution in [0.3, 0.4) is 0 Å². The molecule has 4 nitrogen and oxygen atoms in total. The van der Waals surface area contributed by atoms with Gasteiger partial charge in [-0.3, -0.25) is 9.59 Å². The summed E-state index contributed by atoms with van der Waals surface area (Å²) in [5.74, 6) is -2.99. The lowest BCUT2D eigenvalue weighted by atomic mass is 10.3. The molecule has 1 aromatic carbocycles. The van der Waals surface area contributed by atoms with Crippen LogP contribution >= 0.6 is 0 Å². The van der Waals surface area contributed by atoms with Crippen molar-refractivity contribution in [1.29, 1.82) is 0 Å². The van der Waals surface area contributed by atoms with Crippen LogP contribution in [0.4, 0.5) is 14.5 Å². The quantitative estimate of drug-likeness (QED) is 0.630. The summed E-state index contributed by atoms with van der Waals surface area (Å²) in [5, 5.41) is 2.06. The number of ether oxygens (including phenoxy) is 1. The van der Waals surface area contributed by atoms with Crippen LogP contribution in [0.2, 0.25) is 0 Å². The van der Waals surface area contributed by atoms with E-state index in [2.05, 4.69) is 10.1 Å². The minimum Gasteiger partial charge on any atom is -0.469 e. The maximum atomic E-state index is 13.1. The van der Waals surface area contributed by atoms with Gasteiger partial charge in [-0.25, -0.2) is 8.78 Å². The van der Waals surface area contributed by atoms with E-state index in [1.165, 1.54) is 0 Å². The third-order valence-electron chi connectivity index (χ3n) is 1.74. The Morgan fingerprint density at radius 1 is 1.38 bits per heavy atom. The van der Waals surface area contributed by atoms with Gasteiger partial charge in [0.15, 0.2) is 0 Å². The molecule has 6 heteroatoms. The lowest BCUT2D eigenvalue weighted by Crippen LogP contribution is -2.18. The minimum absolute atomic E-state index is 0.311. The van der Waals surface area contributed by atoms with Crippen LogP contribution in [-0.2, 0) is 14.3 Å². The Hall–Kier alpha value is -1.98. The van der Waals surface area contributed by atoms with E-state index >= 15 is 0 Å². The highest BCUT2D eigenvalue weighted by molar-refractivity contribution is 6.01. The number of benzene rings is 1. The van der Waals surface area contributed by atoms with E-state index in [-0.39, 0.29) is 5.69 Å². The van der Waals surface area contributed by atoms with Gasteiger partial charge in [0, 0.05) is 6.07 Å². The smallest absolute Gasteiger partial charge is 0.315 e. The first-order chi connectivity index (χ1) is 7.52. The van der Waals surface area contributed by atoms with Crippen molar-refractivity contribution in [3.8, 4) is 0 Å². The fraction of sp³-hybridized carbons (Fsp3) is 0.200. The summed E-state index contributed by atoms with van der Waals surface area (Å²) in [6, 6.07) is 2.62. The van der Waals surface area contributed by atoms with E-state index in [0.717, 1.165) is 25.3 Å². The van der Waals surface area contributed by atoms with Crippen molar-refractivity contribution < 1.29 is 23.1 Å². The second-order valence-electron chi connectivity index (χ2n) is 2.93. The van der Waals surface area contributed by atoms with E-state index < -0.39 is 29.9 Å². The summed E-state index contributed by atoms with van der Waals surface area (Å²) in [6.07, 6.45) is -0.549. The van der Waals surface area contributed by atoms with Crippen molar-refractivity contribution in [3.05, 3.63) is 29.8 Å². The Labute approximate surface area is 90.2 Å². The number of esters is 1. The average molecular weight is 229 g/mol. The van der Waals surface area contributed by atoms with Crippen molar-refractivity contribution in [2.75, 3.05) is 12.4 Å². The van der Waals surface area contributed by atoms with Crippen LogP contribution in [0.15, 0.2) is 18.2 Å². The molecule has 0 radical (unpaired) electrons. The molecule has 0 unspecified atom stereocenters. The van der Waals surface area contributed by atoms with E-state index in [1.807, 2.05) is 0 Å². The molecule has 0 spiro atoms. The summed E-state index contributed by atoms with van der Waals surface area (Å²) in [4.78, 5) is 21.9. The van der Waals surface area contributed by atoms with Crippen LogP contribution in [0.25, 0.3) is 0 Å². The molecule has 0 aliphatic rings. The molecule has 16 heavy (non-hydrogen) atoms. The van der Waals surface area contributed by atoms with Gasteiger partial charge in [-0.05, 0) is 12.1 Å². The molecule has 0 saturated carbocycles. The molecular formula is C10H9F2NO3. The normalized spacial score (nSPS) is 9.69. The topological polar surface area (TPSA) is 55.4 Å². The average Bonchev–Trinajstić information content (AvgIpc) is 2.23. The number of carbonyl (C=O) groups excluding carboxylic acids is 2. The highest BCUT2D eigenvalue weighted by Gasteiger charge is 2.12. The molecule has 1 rings (SSSR count). The molecule has 86 valence electrons. The van der Waals surface area contributed by atoms with E-state index in [4.69, 9.17) is 0 Å². The third-order valence-corrected chi connectivity index (χ3v) is 1.74. The van der Waals surface area contributed by atoms with Gasteiger partial charge in [-0.15, -0.1) is 0 Å². The fourth-order valence-corrected chi connectivity index (χ4v) is 0.991. The second-order valence-corrected chi connectivity index (χ2v) is 2.93. The van der Waals surface area contributed by atoms with Crippen molar-refractivity contribution in [2.45, 2.75) is 6.42 Å². The first-order valence-corrected chi connectivity index (χ1v) is 4.34. The van der Waals surface area contributed by atoms with E-state index in [0.29, 0.717) is 0 Å². The zero-order valence-corrected chi connectivity index (χ0v) is 8.42. The predicted octanol–water partition coefficient (Wildman–Crippen LogP) is 1.47. The van der Waals surface area contributed by atoms with Gasteiger partial charge in [0.2, 0.25) is 5.91 Å². The minimum atomic E-state index is -0.778. The Balaban J connectivity index is 2.69. The first-order valence-electron chi connectivity index (χ1n) is 4.34. The monoisotopic (exact) mass is 229 g/mol. The molecule has 1 aromatic rings. The van der Waals surface area contributed by atoms with E-state index in [1.54, 1.807) is 0 Å². The highest BCUT2D eigenvalue weighted by atomic mass is 19.1. The van der Waals surface area contributed by atoms with Gasteiger partial charge in [0.1, 0.15) is 18.1 Å². The molecule has 0 heterocycles. The van der Waals surface area contributed by atoms with Crippen LogP contribution in [0, 0.1) is 11.6 Å². The molecule has 0 saturated heterocycles. The number of rotatable bonds is 3. The molecule has 0 aliphatic carbocycles. The van der Waals surface area contributed by atoms with Gasteiger partial charge in [-0.2, -0.15) is 0 Å². The number of carbonyl (C=O) groups is 2. The lowest BCUT2D eigenvalue weighted by Gasteiger charge is -2.05. The van der Waals surface area contributed by atoms with Crippen LogP contribution in [-0.4, -0.2) is 19.0 Å². The Morgan fingerprint density at radius 2 is 2.06 bits per heavy atom. The zero-order chi connectivity index (χ0) is 12.1. The number of amides is 1. The maximum absolute atomic E-state index is 13.1. The standard InChI is InChI=1S/C10H9F2NO3/c1-16-10(15)5-9(14)13-8-4-6(11)2-3-7(8)12/h2-4H,5H2,1H3,(H,13,14). The molecule has 0 atom stereocenters. The number of anilines is 1. The van der Waals surface area contributed by atoms with Gasteiger partial charge in [0.25, 0.3) is 0 Å².